The number of aliphatic hydroxyl groups excluding tert-OH is 1. The van der Waals surface area contributed by atoms with Gasteiger partial charge in [0.05, 0.1) is 11.1 Å². The lowest BCUT2D eigenvalue weighted by Gasteiger charge is -2.09. The predicted octanol–water partition coefficient (Wildman–Crippen LogP) is 3.01. The maximum Gasteiger partial charge on any atom is 0.126 e. The first kappa shape index (κ1) is 12.1. The van der Waals surface area contributed by atoms with Crippen molar-refractivity contribution in [2.75, 3.05) is 0 Å². The van der Waals surface area contributed by atoms with Crippen LogP contribution in [-0.2, 0) is 6.42 Å². The number of rotatable bonds is 3. The number of aromatic nitrogens is 1. The second-order valence-corrected chi connectivity index (χ2v) is 4.75. The molecule has 1 aromatic carbocycles. The first-order chi connectivity index (χ1) is 8.04. The van der Waals surface area contributed by atoms with Gasteiger partial charge in [0.25, 0.3) is 0 Å². The number of halogens is 2. The molecule has 0 aliphatic rings. The van der Waals surface area contributed by atoms with E-state index >= 15 is 0 Å². The fourth-order valence-corrected chi connectivity index (χ4v) is 2.36. The molecule has 2 rings (SSSR count). The maximum atomic E-state index is 13.0. The zero-order chi connectivity index (χ0) is 12.4. The molecule has 90 valence electrons. The van der Waals surface area contributed by atoms with Crippen molar-refractivity contribution in [3.05, 3.63) is 51.5 Å². The lowest BCUT2D eigenvalue weighted by atomic mass is 10.1. The lowest BCUT2D eigenvalue weighted by molar-refractivity contribution is 0.177. The quantitative estimate of drug-likeness (QED) is 0.914. The predicted molar refractivity (Wildman–Crippen MR) is 61.9 cm³/mol. The highest BCUT2D eigenvalue weighted by atomic mass is 32.1. The van der Waals surface area contributed by atoms with Gasteiger partial charge in [-0.25, -0.2) is 13.8 Å². The van der Waals surface area contributed by atoms with Crippen LogP contribution in [0, 0.1) is 18.6 Å². The third-order valence-corrected chi connectivity index (χ3v) is 3.29. The Hall–Kier alpha value is -1.33. The van der Waals surface area contributed by atoms with Crippen LogP contribution in [0.5, 0.6) is 0 Å². The van der Waals surface area contributed by atoms with Crippen LogP contribution < -0.4 is 0 Å². The summed E-state index contributed by atoms with van der Waals surface area (Å²) in [6.07, 6.45) is -0.674. The molecule has 2 aromatic rings. The highest BCUT2D eigenvalue weighted by Crippen LogP contribution is 2.22. The Balaban J connectivity index is 2.16. The molecule has 5 heteroatoms. The number of hydrogen-bond donors (Lipinski definition) is 1. The summed E-state index contributed by atoms with van der Waals surface area (Å²) in [6, 6.07) is 3.05. The monoisotopic (exact) mass is 255 g/mol. The second kappa shape index (κ2) is 4.89. The van der Waals surface area contributed by atoms with Crippen LogP contribution in [0.3, 0.4) is 0 Å². The third-order valence-electron chi connectivity index (χ3n) is 2.30. The molecular formula is C12H11F2NOS. The van der Waals surface area contributed by atoms with Crippen molar-refractivity contribution in [2.45, 2.75) is 19.4 Å². The fourth-order valence-electron chi connectivity index (χ4n) is 1.55. The maximum absolute atomic E-state index is 13.0. The van der Waals surface area contributed by atoms with Crippen LogP contribution in [0.25, 0.3) is 0 Å². The van der Waals surface area contributed by atoms with Crippen LogP contribution in [0.4, 0.5) is 8.78 Å². The molecule has 2 nitrogen and oxygen atoms in total. The first-order valence-electron chi connectivity index (χ1n) is 5.09. The van der Waals surface area contributed by atoms with E-state index in [0.717, 1.165) is 28.9 Å². The van der Waals surface area contributed by atoms with Gasteiger partial charge in [0.1, 0.15) is 11.6 Å². The second-order valence-electron chi connectivity index (χ2n) is 3.81. The van der Waals surface area contributed by atoms with Gasteiger partial charge >= 0.3 is 0 Å². The van der Waals surface area contributed by atoms with Gasteiger partial charge in [-0.05, 0) is 24.6 Å². The van der Waals surface area contributed by atoms with Crippen LogP contribution in [0.15, 0.2) is 23.6 Å². The summed E-state index contributed by atoms with van der Waals surface area (Å²) >= 11 is 1.42. The van der Waals surface area contributed by atoms with Crippen molar-refractivity contribution >= 4 is 11.3 Å². The van der Waals surface area contributed by atoms with Crippen molar-refractivity contribution in [1.82, 2.24) is 4.98 Å². The van der Waals surface area contributed by atoms with E-state index in [9.17, 15) is 13.9 Å². The number of thiazole rings is 1. The summed E-state index contributed by atoms with van der Waals surface area (Å²) in [5, 5.41) is 12.5. The van der Waals surface area contributed by atoms with Gasteiger partial charge < -0.3 is 5.11 Å². The molecule has 1 aromatic heterocycles. The van der Waals surface area contributed by atoms with Crippen molar-refractivity contribution in [1.29, 1.82) is 0 Å². The van der Waals surface area contributed by atoms with Gasteiger partial charge in [0.2, 0.25) is 0 Å². The average Bonchev–Trinajstić information content (AvgIpc) is 2.62. The van der Waals surface area contributed by atoms with Gasteiger partial charge in [-0.2, -0.15) is 0 Å². The minimum atomic E-state index is -0.939. The molecule has 1 heterocycles. The molecule has 0 radical (unpaired) electrons. The molecule has 0 amide bonds. The van der Waals surface area contributed by atoms with E-state index in [4.69, 9.17) is 0 Å². The smallest absolute Gasteiger partial charge is 0.126 e. The molecule has 0 aliphatic heterocycles. The van der Waals surface area contributed by atoms with Crippen molar-refractivity contribution in [3.8, 4) is 0 Å². The van der Waals surface area contributed by atoms with E-state index in [2.05, 4.69) is 4.98 Å². The third kappa shape index (κ3) is 3.08. The highest BCUT2D eigenvalue weighted by Gasteiger charge is 2.13. The van der Waals surface area contributed by atoms with E-state index in [1.54, 1.807) is 0 Å². The molecule has 1 atom stereocenters. The Morgan fingerprint density at radius 1 is 1.29 bits per heavy atom. The minimum absolute atomic E-state index is 0.232. The Morgan fingerprint density at radius 2 is 1.94 bits per heavy atom. The number of aryl methyl sites for hydroxylation is 1. The zero-order valence-corrected chi connectivity index (χ0v) is 9.97. The first-order valence-corrected chi connectivity index (χ1v) is 5.97. The van der Waals surface area contributed by atoms with Crippen molar-refractivity contribution < 1.29 is 13.9 Å². The highest BCUT2D eigenvalue weighted by molar-refractivity contribution is 7.09. The summed E-state index contributed by atoms with van der Waals surface area (Å²) in [5.74, 6) is -1.37. The van der Waals surface area contributed by atoms with Gasteiger partial charge in [-0.3, -0.25) is 0 Å². The number of benzene rings is 1. The Bertz CT molecular complexity index is 507. The van der Waals surface area contributed by atoms with Gasteiger partial charge in [-0.1, -0.05) is 0 Å². The average molecular weight is 255 g/mol. The van der Waals surface area contributed by atoms with E-state index in [0.29, 0.717) is 0 Å². The van der Waals surface area contributed by atoms with Crippen molar-refractivity contribution in [2.24, 2.45) is 0 Å². The number of hydrogen-bond acceptors (Lipinski definition) is 3. The number of nitrogens with zero attached hydrogens (tertiary/aromatic N) is 1. The molecule has 1 unspecified atom stereocenters. The summed E-state index contributed by atoms with van der Waals surface area (Å²) in [5.41, 5.74) is 1.11. The SMILES string of the molecule is Cc1csc(CC(O)c2cc(F)cc(F)c2)n1. The Labute approximate surface area is 102 Å². The summed E-state index contributed by atoms with van der Waals surface area (Å²) in [4.78, 5) is 4.19. The summed E-state index contributed by atoms with van der Waals surface area (Å²) in [7, 11) is 0. The van der Waals surface area contributed by atoms with Crippen molar-refractivity contribution in [3.63, 3.8) is 0 Å². The van der Waals surface area contributed by atoms with E-state index in [-0.39, 0.29) is 12.0 Å². The summed E-state index contributed by atoms with van der Waals surface area (Å²) in [6.45, 7) is 1.86. The number of aliphatic hydroxyl groups is 1. The molecule has 1 N–H and O–H groups in total. The molecule has 0 spiro atoms. The van der Waals surface area contributed by atoms with Crippen LogP contribution in [0.1, 0.15) is 22.4 Å². The molecule has 0 fully saturated rings. The van der Waals surface area contributed by atoms with Crippen LogP contribution in [-0.4, -0.2) is 10.1 Å². The van der Waals surface area contributed by atoms with Gasteiger partial charge in [0, 0.05) is 23.6 Å². The Kier molecular flexibility index (Phi) is 3.49. The molecule has 0 bridgehead atoms. The fraction of sp³-hybridized carbons (Fsp3) is 0.250. The largest absolute Gasteiger partial charge is 0.388 e. The molecule has 0 saturated heterocycles. The van der Waals surface area contributed by atoms with E-state index < -0.39 is 17.7 Å². The molecule has 17 heavy (non-hydrogen) atoms. The topological polar surface area (TPSA) is 33.1 Å². The van der Waals surface area contributed by atoms with Gasteiger partial charge in [0.15, 0.2) is 0 Å². The summed E-state index contributed by atoms with van der Waals surface area (Å²) < 4.78 is 25.9. The van der Waals surface area contributed by atoms with E-state index in [1.807, 2.05) is 12.3 Å². The lowest BCUT2D eigenvalue weighted by Crippen LogP contribution is -2.03. The standard InChI is InChI=1S/C12H11F2NOS/c1-7-6-17-12(15-7)5-11(16)8-2-9(13)4-10(14)3-8/h2-4,6,11,16H,5H2,1H3. The normalized spacial score (nSPS) is 12.7. The van der Waals surface area contributed by atoms with Crippen LogP contribution in [0.2, 0.25) is 0 Å². The minimum Gasteiger partial charge on any atom is -0.388 e. The Morgan fingerprint density at radius 3 is 2.47 bits per heavy atom. The molecule has 0 aliphatic carbocycles. The van der Waals surface area contributed by atoms with E-state index in [1.165, 1.54) is 11.3 Å². The molecular weight excluding hydrogens is 244 g/mol. The molecule has 0 saturated carbocycles. The van der Waals surface area contributed by atoms with Gasteiger partial charge in [-0.15, -0.1) is 11.3 Å². The van der Waals surface area contributed by atoms with Crippen LogP contribution >= 0.6 is 11.3 Å². The zero-order valence-electron chi connectivity index (χ0n) is 9.15.